The molecule has 0 radical (unpaired) electrons. The number of nitrogens with one attached hydrogen (secondary N) is 1. The fraction of sp³-hybridized carbons (Fsp3) is 0.333. The van der Waals surface area contributed by atoms with Gasteiger partial charge in [-0.3, -0.25) is 14.5 Å². The number of carbonyl (C=O) groups excluding carboxylic acids is 2. The van der Waals surface area contributed by atoms with E-state index < -0.39 is 0 Å². The van der Waals surface area contributed by atoms with Gasteiger partial charge in [-0.25, -0.2) is 0 Å². The Labute approximate surface area is 163 Å². The Morgan fingerprint density at radius 1 is 1.04 bits per heavy atom. The van der Waals surface area contributed by atoms with E-state index >= 15 is 0 Å². The molecular formula is C21H23N3O2S. The van der Waals surface area contributed by atoms with Gasteiger partial charge in [-0.05, 0) is 54.5 Å². The molecule has 1 saturated heterocycles. The minimum absolute atomic E-state index is 0.260. The standard InChI is InChI=1S/C21H23N3O2S/c1-14-9-11-24(12-10-14)16-7-5-15(6-8-16)22-19-18(17-4-3-13-27-17)20(25)23(2)21(19)26/h3-8,13-14,22H,9-12H2,1-2H3. The molecule has 1 aromatic heterocycles. The maximum atomic E-state index is 12.6. The van der Waals surface area contributed by atoms with Crippen molar-refractivity contribution < 1.29 is 9.59 Å². The first-order chi connectivity index (χ1) is 13.0. The maximum absolute atomic E-state index is 12.6. The van der Waals surface area contributed by atoms with Gasteiger partial charge in [0.15, 0.2) is 0 Å². The van der Waals surface area contributed by atoms with E-state index in [0.717, 1.165) is 29.6 Å². The maximum Gasteiger partial charge on any atom is 0.277 e. The van der Waals surface area contributed by atoms with E-state index in [-0.39, 0.29) is 11.8 Å². The lowest BCUT2D eigenvalue weighted by molar-refractivity contribution is -0.135. The van der Waals surface area contributed by atoms with E-state index in [2.05, 4.69) is 29.3 Å². The molecule has 2 aliphatic rings. The molecule has 27 heavy (non-hydrogen) atoms. The van der Waals surface area contributed by atoms with Gasteiger partial charge < -0.3 is 10.2 Å². The molecule has 1 aromatic carbocycles. The lowest BCUT2D eigenvalue weighted by atomic mass is 9.99. The van der Waals surface area contributed by atoms with Crippen molar-refractivity contribution in [3.05, 3.63) is 52.4 Å². The highest BCUT2D eigenvalue weighted by Crippen LogP contribution is 2.32. The van der Waals surface area contributed by atoms with Gasteiger partial charge in [-0.2, -0.15) is 0 Å². The Morgan fingerprint density at radius 2 is 1.74 bits per heavy atom. The number of rotatable bonds is 4. The van der Waals surface area contributed by atoms with Crippen molar-refractivity contribution in [1.29, 1.82) is 0 Å². The van der Waals surface area contributed by atoms with Crippen LogP contribution in [-0.4, -0.2) is 36.9 Å². The van der Waals surface area contributed by atoms with Crippen LogP contribution in [0.5, 0.6) is 0 Å². The van der Waals surface area contributed by atoms with Crippen molar-refractivity contribution in [3.63, 3.8) is 0 Å². The first kappa shape index (κ1) is 17.8. The number of likely N-dealkylation sites (N-methyl/N-ethyl adjacent to an activating group) is 1. The van der Waals surface area contributed by atoms with Crippen LogP contribution in [0.2, 0.25) is 0 Å². The Kier molecular flexibility index (Phi) is 4.74. The van der Waals surface area contributed by atoms with Crippen LogP contribution < -0.4 is 10.2 Å². The summed E-state index contributed by atoms with van der Waals surface area (Å²) in [4.78, 5) is 29.4. The fourth-order valence-electron chi connectivity index (χ4n) is 3.57. The number of thiophene rings is 1. The van der Waals surface area contributed by atoms with Gasteiger partial charge in [0, 0.05) is 36.4 Å². The van der Waals surface area contributed by atoms with Crippen LogP contribution in [0.3, 0.4) is 0 Å². The predicted molar refractivity (Wildman–Crippen MR) is 110 cm³/mol. The first-order valence-electron chi connectivity index (χ1n) is 9.27. The predicted octanol–water partition coefficient (Wildman–Crippen LogP) is 3.81. The number of carbonyl (C=O) groups is 2. The number of imide groups is 1. The van der Waals surface area contributed by atoms with Crippen LogP contribution in [0.1, 0.15) is 24.6 Å². The number of benzene rings is 1. The molecular weight excluding hydrogens is 358 g/mol. The Hall–Kier alpha value is -2.60. The van der Waals surface area contributed by atoms with Crippen LogP contribution in [0.15, 0.2) is 47.5 Å². The third-order valence-corrected chi connectivity index (χ3v) is 6.23. The largest absolute Gasteiger partial charge is 0.372 e. The summed E-state index contributed by atoms with van der Waals surface area (Å²) in [5, 5.41) is 5.09. The van der Waals surface area contributed by atoms with E-state index in [9.17, 15) is 9.59 Å². The van der Waals surface area contributed by atoms with Gasteiger partial charge in [0.05, 0.1) is 5.57 Å². The first-order valence-corrected chi connectivity index (χ1v) is 10.1. The number of hydrogen-bond donors (Lipinski definition) is 1. The minimum atomic E-state index is -0.294. The van der Waals surface area contributed by atoms with Gasteiger partial charge in [-0.15, -0.1) is 11.3 Å². The Morgan fingerprint density at radius 3 is 2.37 bits per heavy atom. The van der Waals surface area contributed by atoms with Crippen molar-refractivity contribution in [1.82, 2.24) is 4.90 Å². The van der Waals surface area contributed by atoms with Gasteiger partial charge in [0.25, 0.3) is 11.8 Å². The summed E-state index contributed by atoms with van der Waals surface area (Å²) in [6.07, 6.45) is 2.44. The SMILES string of the molecule is CC1CCN(c2ccc(NC3=C(c4cccs4)C(=O)N(C)C3=O)cc2)CC1. The zero-order chi connectivity index (χ0) is 19.0. The summed E-state index contributed by atoms with van der Waals surface area (Å²) >= 11 is 1.46. The molecule has 0 aliphatic carbocycles. The van der Waals surface area contributed by atoms with Crippen LogP contribution in [0, 0.1) is 5.92 Å². The Balaban J connectivity index is 1.57. The second-order valence-electron chi connectivity index (χ2n) is 7.24. The molecule has 1 fully saturated rings. The topological polar surface area (TPSA) is 52.7 Å². The van der Waals surface area contributed by atoms with Crippen LogP contribution >= 0.6 is 11.3 Å². The smallest absolute Gasteiger partial charge is 0.277 e. The molecule has 0 spiro atoms. The van der Waals surface area contributed by atoms with Crippen molar-refractivity contribution >= 4 is 40.1 Å². The van der Waals surface area contributed by atoms with E-state index in [1.54, 1.807) is 0 Å². The van der Waals surface area contributed by atoms with E-state index in [0.29, 0.717) is 11.3 Å². The molecule has 6 heteroatoms. The fourth-order valence-corrected chi connectivity index (χ4v) is 4.34. The van der Waals surface area contributed by atoms with Crippen molar-refractivity contribution in [2.45, 2.75) is 19.8 Å². The highest BCUT2D eigenvalue weighted by atomic mass is 32.1. The van der Waals surface area contributed by atoms with Crippen molar-refractivity contribution in [2.24, 2.45) is 5.92 Å². The summed E-state index contributed by atoms with van der Waals surface area (Å²) in [6, 6.07) is 11.9. The van der Waals surface area contributed by atoms with Gasteiger partial charge in [-0.1, -0.05) is 13.0 Å². The summed E-state index contributed by atoms with van der Waals surface area (Å²) in [5.74, 6) is 0.245. The monoisotopic (exact) mass is 381 g/mol. The van der Waals surface area contributed by atoms with Gasteiger partial charge >= 0.3 is 0 Å². The summed E-state index contributed by atoms with van der Waals surface area (Å²) in [7, 11) is 1.52. The normalized spacial score (nSPS) is 18.6. The quantitative estimate of drug-likeness (QED) is 0.819. The van der Waals surface area contributed by atoms with Gasteiger partial charge in [0.1, 0.15) is 5.70 Å². The zero-order valence-electron chi connectivity index (χ0n) is 15.6. The van der Waals surface area contributed by atoms with Crippen LogP contribution in [0.25, 0.3) is 5.57 Å². The molecule has 0 bridgehead atoms. The number of anilines is 2. The Bertz CT molecular complexity index is 879. The molecule has 5 nitrogen and oxygen atoms in total. The molecule has 0 saturated carbocycles. The molecule has 3 heterocycles. The molecule has 2 amide bonds. The average Bonchev–Trinajstić information content (AvgIpc) is 3.27. The lowest BCUT2D eigenvalue weighted by Crippen LogP contribution is -2.32. The minimum Gasteiger partial charge on any atom is -0.372 e. The highest BCUT2D eigenvalue weighted by Gasteiger charge is 2.37. The van der Waals surface area contributed by atoms with E-state index in [1.807, 2.05) is 29.6 Å². The number of piperidine rings is 1. The lowest BCUT2D eigenvalue weighted by Gasteiger charge is -2.32. The zero-order valence-corrected chi connectivity index (χ0v) is 16.4. The average molecular weight is 382 g/mol. The second-order valence-corrected chi connectivity index (χ2v) is 8.19. The highest BCUT2D eigenvalue weighted by molar-refractivity contribution is 7.11. The summed E-state index contributed by atoms with van der Waals surface area (Å²) in [6.45, 7) is 4.47. The van der Waals surface area contributed by atoms with Gasteiger partial charge in [0.2, 0.25) is 0 Å². The summed E-state index contributed by atoms with van der Waals surface area (Å²) in [5.41, 5.74) is 2.81. The molecule has 2 aliphatic heterocycles. The molecule has 4 rings (SSSR count). The number of hydrogen-bond acceptors (Lipinski definition) is 5. The third kappa shape index (κ3) is 3.37. The van der Waals surface area contributed by atoms with Crippen LogP contribution in [0.4, 0.5) is 11.4 Å². The van der Waals surface area contributed by atoms with E-state index in [4.69, 9.17) is 0 Å². The number of nitrogens with zero attached hydrogens (tertiary/aromatic N) is 2. The molecule has 0 atom stereocenters. The summed E-state index contributed by atoms with van der Waals surface area (Å²) < 4.78 is 0. The molecule has 140 valence electrons. The second kappa shape index (κ2) is 7.19. The van der Waals surface area contributed by atoms with E-state index in [1.165, 1.54) is 41.8 Å². The molecule has 2 aromatic rings. The van der Waals surface area contributed by atoms with Crippen molar-refractivity contribution in [3.8, 4) is 0 Å². The van der Waals surface area contributed by atoms with Crippen molar-refractivity contribution in [2.75, 3.05) is 30.4 Å². The van der Waals surface area contributed by atoms with Crippen LogP contribution in [-0.2, 0) is 9.59 Å². The molecule has 0 unspecified atom stereocenters. The molecule has 1 N–H and O–H groups in total. The third-order valence-electron chi connectivity index (χ3n) is 5.34. The number of amides is 2.